The zero-order valence-corrected chi connectivity index (χ0v) is 15.2. The number of benzene rings is 1. The summed E-state index contributed by atoms with van der Waals surface area (Å²) >= 11 is 0. The number of Topliss-reactive ketones (excluding diaryl/α,β-unsaturated/α-hetero) is 1. The van der Waals surface area contributed by atoms with E-state index in [0.29, 0.717) is 5.56 Å². The van der Waals surface area contributed by atoms with Gasteiger partial charge in [-0.3, -0.25) is 0 Å². The molecule has 1 aromatic carbocycles. The molecule has 0 aromatic heterocycles. The maximum absolute atomic E-state index is 12.2. The van der Waals surface area contributed by atoms with Gasteiger partial charge < -0.3 is 14.3 Å². The lowest BCUT2D eigenvalue weighted by atomic mass is 9.51. The van der Waals surface area contributed by atoms with Crippen LogP contribution in [0.25, 0.3) is 0 Å². The maximum Gasteiger partial charge on any atom is 0.338 e. The van der Waals surface area contributed by atoms with Gasteiger partial charge >= 0.3 is 5.97 Å². The van der Waals surface area contributed by atoms with Gasteiger partial charge in [0.25, 0.3) is 0 Å². The highest BCUT2D eigenvalue weighted by Crippen LogP contribution is 2.57. The van der Waals surface area contributed by atoms with Crippen molar-refractivity contribution in [3.63, 3.8) is 0 Å². The lowest BCUT2D eigenvalue weighted by molar-refractivity contribution is -0.256. The van der Waals surface area contributed by atoms with Crippen LogP contribution in [-0.4, -0.2) is 31.1 Å². The highest BCUT2D eigenvalue weighted by Gasteiger charge is 2.64. The Bertz CT molecular complexity index is 526. The smallest absolute Gasteiger partial charge is 0.338 e. The third-order valence-electron chi connectivity index (χ3n) is 4.17. The van der Waals surface area contributed by atoms with Gasteiger partial charge in [0.15, 0.2) is 0 Å². The van der Waals surface area contributed by atoms with Crippen molar-refractivity contribution in [1.29, 1.82) is 0 Å². The molecule has 4 nitrogen and oxygen atoms in total. The zero-order valence-electron chi connectivity index (χ0n) is 15.2. The quantitative estimate of drug-likeness (QED) is 0.793. The van der Waals surface area contributed by atoms with Gasteiger partial charge in [0.1, 0.15) is 11.9 Å². The molecule has 1 aliphatic carbocycles. The molecule has 0 radical (unpaired) electrons. The number of carbonyl (C=O) groups is 2. The minimum atomic E-state index is -0.263. The Kier molecular flexibility index (Phi) is 6.11. The van der Waals surface area contributed by atoms with Crippen molar-refractivity contribution in [2.24, 2.45) is 10.8 Å². The summed E-state index contributed by atoms with van der Waals surface area (Å²) in [5.41, 5.74) is 0.265. The lowest BCUT2D eigenvalue weighted by Gasteiger charge is -2.61. The van der Waals surface area contributed by atoms with Crippen LogP contribution in [0.2, 0.25) is 0 Å². The Morgan fingerprint density at radius 1 is 0.913 bits per heavy atom. The molecule has 2 rings (SSSR count). The second kappa shape index (κ2) is 7.26. The normalized spacial score (nSPS) is 23.8. The number of methoxy groups -OCH3 is 1. The average Bonchev–Trinajstić information content (AvgIpc) is 2.44. The molecule has 1 aliphatic rings. The molecule has 0 amide bonds. The number of hydrogen-bond acceptors (Lipinski definition) is 4. The number of ether oxygens (including phenoxy) is 2. The van der Waals surface area contributed by atoms with E-state index in [0.717, 1.165) is 0 Å². The van der Waals surface area contributed by atoms with Gasteiger partial charge in [-0.1, -0.05) is 45.9 Å². The molecule has 0 saturated heterocycles. The van der Waals surface area contributed by atoms with Crippen LogP contribution in [0, 0.1) is 10.8 Å². The summed E-state index contributed by atoms with van der Waals surface area (Å²) in [5, 5.41) is 0. The summed E-state index contributed by atoms with van der Waals surface area (Å²) < 4.78 is 11.3. The van der Waals surface area contributed by atoms with Crippen LogP contribution >= 0.6 is 0 Å². The van der Waals surface area contributed by atoms with Crippen molar-refractivity contribution in [2.75, 3.05) is 7.11 Å². The molecule has 0 N–H and O–H groups in total. The fraction of sp³-hybridized carbons (Fsp3) is 0.579. The largest absolute Gasteiger partial charge is 0.457 e. The van der Waals surface area contributed by atoms with Gasteiger partial charge in [0.2, 0.25) is 0 Å². The molecule has 0 aliphatic heterocycles. The molecule has 0 unspecified atom stereocenters. The van der Waals surface area contributed by atoms with Crippen LogP contribution in [-0.2, 0) is 14.3 Å². The highest BCUT2D eigenvalue weighted by atomic mass is 16.6. The highest BCUT2D eigenvalue weighted by molar-refractivity contribution is 5.89. The molecule has 128 valence electrons. The first kappa shape index (κ1) is 19.4. The molecule has 0 bridgehead atoms. The molecule has 1 saturated carbocycles. The Morgan fingerprint density at radius 2 is 1.35 bits per heavy atom. The maximum atomic E-state index is 12.2. The van der Waals surface area contributed by atoms with E-state index < -0.39 is 0 Å². The van der Waals surface area contributed by atoms with E-state index in [4.69, 9.17) is 9.47 Å². The van der Waals surface area contributed by atoms with E-state index in [1.54, 1.807) is 19.2 Å². The van der Waals surface area contributed by atoms with Gasteiger partial charge in [0.05, 0.1) is 11.7 Å². The van der Waals surface area contributed by atoms with Crippen LogP contribution in [0.4, 0.5) is 0 Å². The molecule has 4 heteroatoms. The van der Waals surface area contributed by atoms with Gasteiger partial charge in [-0.2, -0.15) is 0 Å². The molecular weight excluding hydrogens is 292 g/mol. The minimum Gasteiger partial charge on any atom is -0.457 e. The number of carbonyl (C=O) groups excluding carboxylic acids is 2. The third-order valence-corrected chi connectivity index (χ3v) is 4.17. The molecule has 0 atom stereocenters. The molecule has 23 heavy (non-hydrogen) atoms. The third kappa shape index (κ3) is 4.20. The Balaban J connectivity index is 0.000000593. The van der Waals surface area contributed by atoms with E-state index in [2.05, 4.69) is 27.7 Å². The number of hydrogen-bond donors (Lipinski definition) is 0. The van der Waals surface area contributed by atoms with Crippen LogP contribution < -0.4 is 0 Å². The molecule has 1 aromatic rings. The Morgan fingerprint density at radius 3 is 1.74 bits per heavy atom. The van der Waals surface area contributed by atoms with Crippen LogP contribution in [0.5, 0.6) is 0 Å². The van der Waals surface area contributed by atoms with Crippen molar-refractivity contribution in [3.8, 4) is 0 Å². The molecular formula is C19H28O4. The second-order valence-corrected chi connectivity index (χ2v) is 7.32. The number of rotatable bonds is 3. The van der Waals surface area contributed by atoms with E-state index >= 15 is 0 Å². The van der Waals surface area contributed by atoms with Gasteiger partial charge in [-0.25, -0.2) is 4.79 Å². The van der Waals surface area contributed by atoms with Crippen LogP contribution in [0.15, 0.2) is 30.3 Å². The molecule has 0 spiro atoms. The van der Waals surface area contributed by atoms with Crippen molar-refractivity contribution in [3.05, 3.63) is 35.9 Å². The van der Waals surface area contributed by atoms with E-state index in [1.165, 1.54) is 13.8 Å². The first-order chi connectivity index (χ1) is 10.5. The fourth-order valence-corrected chi connectivity index (χ4v) is 3.76. The van der Waals surface area contributed by atoms with Gasteiger partial charge in [-0.05, 0) is 26.0 Å². The monoisotopic (exact) mass is 320 g/mol. The number of esters is 1. The molecule has 1 fully saturated rings. The van der Waals surface area contributed by atoms with Crippen LogP contribution in [0.3, 0.4) is 0 Å². The predicted molar refractivity (Wildman–Crippen MR) is 90.4 cm³/mol. The van der Waals surface area contributed by atoms with Crippen molar-refractivity contribution in [2.45, 2.75) is 53.8 Å². The Hall–Kier alpha value is -1.68. The average molecular weight is 320 g/mol. The first-order valence-corrected chi connectivity index (χ1v) is 7.81. The summed E-state index contributed by atoms with van der Waals surface area (Å²) in [5.74, 6) is -0.0960. The predicted octanol–water partition coefficient (Wildman–Crippen LogP) is 3.89. The first-order valence-electron chi connectivity index (χ1n) is 7.81. The van der Waals surface area contributed by atoms with Crippen molar-refractivity contribution >= 4 is 11.8 Å². The van der Waals surface area contributed by atoms with E-state index in [1.807, 2.05) is 18.2 Å². The Labute approximate surface area is 139 Å². The fourth-order valence-electron chi connectivity index (χ4n) is 3.76. The SMILES string of the molecule is CC(C)=O.COC1C(C)(C)C(OC(=O)c2ccccc2)C1(C)C. The second-order valence-electron chi connectivity index (χ2n) is 7.32. The summed E-state index contributed by atoms with van der Waals surface area (Å²) in [4.78, 5) is 21.6. The minimum absolute atomic E-state index is 0.0913. The summed E-state index contributed by atoms with van der Waals surface area (Å²) in [7, 11) is 1.71. The standard InChI is InChI=1S/C16H22O3.C3H6O/c1-15(2)13(18-5)16(3,4)14(15)19-12(17)11-9-7-6-8-10-11;1-3(2)4/h6-10,13-14H,1-5H3;1-2H3. The lowest BCUT2D eigenvalue weighted by Crippen LogP contribution is -2.69. The van der Waals surface area contributed by atoms with Gasteiger partial charge in [-0.15, -0.1) is 0 Å². The summed E-state index contributed by atoms with van der Waals surface area (Å²) in [6.45, 7) is 11.4. The number of ketones is 1. The van der Waals surface area contributed by atoms with Gasteiger partial charge in [0, 0.05) is 17.9 Å². The zero-order chi connectivity index (χ0) is 17.8. The van der Waals surface area contributed by atoms with Crippen LogP contribution in [0.1, 0.15) is 51.9 Å². The van der Waals surface area contributed by atoms with E-state index in [-0.39, 0.29) is 34.8 Å². The van der Waals surface area contributed by atoms with Crippen molar-refractivity contribution < 1.29 is 19.1 Å². The summed E-state index contributed by atoms with van der Waals surface area (Å²) in [6.07, 6.45) is -0.0498. The van der Waals surface area contributed by atoms with E-state index in [9.17, 15) is 9.59 Å². The van der Waals surface area contributed by atoms with Crippen molar-refractivity contribution in [1.82, 2.24) is 0 Å². The summed E-state index contributed by atoms with van der Waals surface area (Å²) in [6, 6.07) is 9.11. The topological polar surface area (TPSA) is 52.6 Å². The molecule has 0 heterocycles.